The molecule has 3 heteroatoms. The Bertz CT molecular complexity index is 291. The fraction of sp³-hybridized carbons (Fsp3) is 0.667. The van der Waals surface area contributed by atoms with Gasteiger partial charge in [-0.25, -0.2) is 0 Å². The van der Waals surface area contributed by atoms with Gasteiger partial charge in [0.05, 0.1) is 6.54 Å². The zero-order chi connectivity index (χ0) is 13.5. The first kappa shape index (κ1) is 15.0. The van der Waals surface area contributed by atoms with E-state index in [0.717, 1.165) is 13.0 Å². The number of likely N-dealkylation sites (tertiary alicyclic amines) is 1. The van der Waals surface area contributed by atoms with E-state index in [1.165, 1.54) is 6.42 Å². The summed E-state index contributed by atoms with van der Waals surface area (Å²) in [4.78, 5) is 16.4. The lowest BCUT2D eigenvalue weighted by atomic mass is 10.0. The summed E-state index contributed by atoms with van der Waals surface area (Å²) in [7, 11) is 0. The normalized spacial score (nSPS) is 23.9. The summed E-state index contributed by atoms with van der Waals surface area (Å²) in [5.74, 6) is 0.886. The van der Waals surface area contributed by atoms with Crippen LogP contribution in [0.4, 0.5) is 0 Å². The van der Waals surface area contributed by atoms with Gasteiger partial charge in [-0.1, -0.05) is 26.0 Å². The van der Waals surface area contributed by atoms with Crippen molar-refractivity contribution in [2.24, 2.45) is 5.92 Å². The van der Waals surface area contributed by atoms with Gasteiger partial charge in [0.15, 0.2) is 0 Å². The maximum absolute atomic E-state index is 12.2. The SMILES string of the molecule is C=CCN(CC=C)C(=O)CN1CC[C@@H](C)[C@@H]1CC. The second kappa shape index (κ2) is 7.37. The highest BCUT2D eigenvalue weighted by Gasteiger charge is 2.31. The van der Waals surface area contributed by atoms with Gasteiger partial charge in [-0.3, -0.25) is 9.69 Å². The van der Waals surface area contributed by atoms with Crippen LogP contribution in [-0.2, 0) is 4.79 Å². The van der Waals surface area contributed by atoms with Crippen molar-refractivity contribution in [1.82, 2.24) is 9.80 Å². The highest BCUT2D eigenvalue weighted by Crippen LogP contribution is 2.25. The van der Waals surface area contributed by atoms with Gasteiger partial charge in [0, 0.05) is 19.1 Å². The van der Waals surface area contributed by atoms with Gasteiger partial charge in [-0.15, -0.1) is 13.2 Å². The molecule has 0 radical (unpaired) electrons. The number of hydrogen-bond acceptors (Lipinski definition) is 2. The van der Waals surface area contributed by atoms with Crippen molar-refractivity contribution in [3.63, 3.8) is 0 Å². The van der Waals surface area contributed by atoms with Crippen molar-refractivity contribution in [2.75, 3.05) is 26.2 Å². The van der Waals surface area contributed by atoms with Crippen LogP contribution in [0.3, 0.4) is 0 Å². The quantitative estimate of drug-likeness (QED) is 0.647. The van der Waals surface area contributed by atoms with Gasteiger partial charge in [-0.2, -0.15) is 0 Å². The molecule has 1 aliphatic rings. The van der Waals surface area contributed by atoms with Crippen LogP contribution in [0.15, 0.2) is 25.3 Å². The molecule has 3 nitrogen and oxygen atoms in total. The minimum Gasteiger partial charge on any atom is -0.334 e. The van der Waals surface area contributed by atoms with E-state index in [-0.39, 0.29) is 5.91 Å². The van der Waals surface area contributed by atoms with Gasteiger partial charge in [-0.05, 0) is 25.3 Å². The minimum absolute atomic E-state index is 0.183. The van der Waals surface area contributed by atoms with Crippen molar-refractivity contribution < 1.29 is 4.79 Å². The van der Waals surface area contributed by atoms with E-state index in [4.69, 9.17) is 0 Å². The van der Waals surface area contributed by atoms with E-state index in [9.17, 15) is 4.79 Å². The average Bonchev–Trinajstić information content (AvgIpc) is 2.69. The number of nitrogens with zero attached hydrogens (tertiary/aromatic N) is 2. The summed E-state index contributed by atoms with van der Waals surface area (Å²) < 4.78 is 0. The van der Waals surface area contributed by atoms with E-state index < -0.39 is 0 Å². The molecule has 0 saturated carbocycles. The van der Waals surface area contributed by atoms with Gasteiger partial charge in [0.25, 0.3) is 0 Å². The molecule has 1 fully saturated rings. The molecule has 18 heavy (non-hydrogen) atoms. The number of rotatable bonds is 7. The van der Waals surface area contributed by atoms with Crippen molar-refractivity contribution in [3.8, 4) is 0 Å². The Balaban J connectivity index is 2.56. The first-order valence-corrected chi connectivity index (χ1v) is 6.87. The molecule has 0 N–H and O–H groups in total. The Hall–Kier alpha value is -1.09. The number of amides is 1. The summed E-state index contributed by atoms with van der Waals surface area (Å²) in [5.41, 5.74) is 0. The fourth-order valence-electron chi connectivity index (χ4n) is 2.81. The first-order chi connectivity index (χ1) is 8.63. The molecule has 0 aromatic carbocycles. The Labute approximate surface area is 111 Å². The van der Waals surface area contributed by atoms with Crippen molar-refractivity contribution in [3.05, 3.63) is 25.3 Å². The molecule has 0 bridgehead atoms. The number of carbonyl (C=O) groups excluding carboxylic acids is 1. The van der Waals surface area contributed by atoms with E-state index in [1.807, 2.05) is 0 Å². The first-order valence-electron chi connectivity index (χ1n) is 6.87. The molecular formula is C15H26N2O. The van der Waals surface area contributed by atoms with Crippen LogP contribution in [0.25, 0.3) is 0 Å². The monoisotopic (exact) mass is 250 g/mol. The Morgan fingerprint density at radius 2 is 2.00 bits per heavy atom. The van der Waals surface area contributed by atoms with E-state index in [2.05, 4.69) is 31.9 Å². The molecule has 0 unspecified atom stereocenters. The summed E-state index contributed by atoms with van der Waals surface area (Å²) in [6.07, 6.45) is 5.86. The summed E-state index contributed by atoms with van der Waals surface area (Å²) in [6.45, 7) is 14.7. The van der Waals surface area contributed by atoms with Crippen LogP contribution in [0.5, 0.6) is 0 Å². The molecule has 1 rings (SSSR count). The lowest BCUT2D eigenvalue weighted by Gasteiger charge is -2.28. The van der Waals surface area contributed by atoms with E-state index in [0.29, 0.717) is 31.6 Å². The second-order valence-corrected chi connectivity index (χ2v) is 5.09. The van der Waals surface area contributed by atoms with Crippen molar-refractivity contribution in [2.45, 2.75) is 32.7 Å². The third-order valence-corrected chi connectivity index (χ3v) is 3.81. The molecule has 1 aliphatic heterocycles. The van der Waals surface area contributed by atoms with Crippen molar-refractivity contribution in [1.29, 1.82) is 0 Å². The highest BCUT2D eigenvalue weighted by molar-refractivity contribution is 5.78. The molecule has 1 amide bonds. The highest BCUT2D eigenvalue weighted by atomic mass is 16.2. The van der Waals surface area contributed by atoms with Crippen LogP contribution in [0.2, 0.25) is 0 Å². The zero-order valence-corrected chi connectivity index (χ0v) is 11.8. The topological polar surface area (TPSA) is 23.6 Å². The Kier molecular flexibility index (Phi) is 6.13. The average molecular weight is 250 g/mol. The zero-order valence-electron chi connectivity index (χ0n) is 11.8. The molecular weight excluding hydrogens is 224 g/mol. The van der Waals surface area contributed by atoms with Crippen LogP contribution < -0.4 is 0 Å². The predicted octanol–water partition coefficient (Wildman–Crippen LogP) is 2.31. The maximum atomic E-state index is 12.2. The van der Waals surface area contributed by atoms with E-state index in [1.54, 1.807) is 17.1 Å². The number of carbonyl (C=O) groups is 1. The summed E-state index contributed by atoms with van der Waals surface area (Å²) in [5, 5.41) is 0. The third-order valence-electron chi connectivity index (χ3n) is 3.81. The molecule has 1 saturated heterocycles. The fourth-order valence-corrected chi connectivity index (χ4v) is 2.81. The van der Waals surface area contributed by atoms with Crippen LogP contribution in [0, 0.1) is 5.92 Å². The van der Waals surface area contributed by atoms with Gasteiger partial charge >= 0.3 is 0 Å². The minimum atomic E-state index is 0.183. The Morgan fingerprint density at radius 3 is 2.50 bits per heavy atom. The number of hydrogen-bond donors (Lipinski definition) is 0. The largest absolute Gasteiger partial charge is 0.334 e. The molecule has 0 aromatic rings. The Morgan fingerprint density at radius 1 is 1.39 bits per heavy atom. The molecule has 0 aromatic heterocycles. The summed E-state index contributed by atoms with van der Waals surface area (Å²) in [6, 6.07) is 0.559. The van der Waals surface area contributed by atoms with Gasteiger partial charge < -0.3 is 4.90 Å². The standard InChI is InChI=1S/C15H26N2O/c1-5-9-16(10-6-2)15(18)12-17-11-8-13(4)14(17)7-3/h5-6,13-14H,1-2,7-12H2,3-4H3/t13-,14+/m1/s1. The van der Waals surface area contributed by atoms with E-state index >= 15 is 0 Å². The van der Waals surface area contributed by atoms with Gasteiger partial charge in [0.2, 0.25) is 5.91 Å². The molecule has 102 valence electrons. The van der Waals surface area contributed by atoms with Crippen molar-refractivity contribution >= 4 is 5.91 Å². The third kappa shape index (κ3) is 3.70. The van der Waals surface area contributed by atoms with Crippen LogP contribution in [-0.4, -0.2) is 47.9 Å². The summed E-state index contributed by atoms with van der Waals surface area (Å²) >= 11 is 0. The molecule has 0 spiro atoms. The predicted molar refractivity (Wildman–Crippen MR) is 76.4 cm³/mol. The van der Waals surface area contributed by atoms with Gasteiger partial charge in [0.1, 0.15) is 0 Å². The maximum Gasteiger partial charge on any atom is 0.237 e. The lowest BCUT2D eigenvalue weighted by Crippen LogP contribution is -2.43. The lowest BCUT2D eigenvalue weighted by molar-refractivity contribution is -0.131. The molecule has 1 heterocycles. The molecule has 2 atom stereocenters. The second-order valence-electron chi connectivity index (χ2n) is 5.09. The van der Waals surface area contributed by atoms with Crippen LogP contribution in [0.1, 0.15) is 26.7 Å². The smallest absolute Gasteiger partial charge is 0.237 e. The van der Waals surface area contributed by atoms with Crippen LogP contribution >= 0.6 is 0 Å². The molecule has 0 aliphatic carbocycles.